The fourth-order valence-electron chi connectivity index (χ4n) is 22.3. The Morgan fingerprint density at radius 3 is 1.23 bits per heavy atom. The van der Waals surface area contributed by atoms with Gasteiger partial charge in [0.1, 0.15) is 78.7 Å². The maximum Gasteiger partial charge on any atom is 0.172 e. The highest BCUT2D eigenvalue weighted by Gasteiger charge is 2.71. The van der Waals surface area contributed by atoms with Crippen LogP contribution in [0.1, 0.15) is 182 Å². The molecule has 24 bridgehead atoms. The normalized spacial score (nSPS) is 54.0. The highest BCUT2D eigenvalue weighted by atomic mass is 16.8. The van der Waals surface area contributed by atoms with Crippen LogP contribution in [0.25, 0.3) is 0 Å². The lowest BCUT2D eigenvalue weighted by Crippen LogP contribution is -2.61. The average molecular weight is 1400 g/mol. The number of nitrogens with two attached hydrogens (primary N) is 1. The first-order chi connectivity index (χ1) is 48.1. The van der Waals surface area contributed by atoms with Gasteiger partial charge in [0, 0.05) is 70.8 Å². The SMILES string of the molecule is C=C1CC2CCC34CC5OC6C(OC7CCC(CC(=O)CC8C(CC9OC(CCC1O2)CC(C)C9=C)OC(C(O)CN)C8C)OC7C6O3)C5O4.C=C1CC2CCC34CC5OC6C(OC7CCC(CC(=O)CC8C(CC9OC(CCC1O2)CC(C)C9=C)OC(C(O)CO)C8C)OC7C6O3)C5O4. The standard InChI is InChI=1S/C39H57NO10.C39H56O11/c2*1-18-11-23-5-7-28-19(2)12-25(43-28)9-10-39-16-32-35(49-39)36-37(48-32)38(50-39)34-29(46-36)8-6-24(45-34)13-22(41)14-26-21(4)33(27(42)17-40)47-31(26)15-30(44-23)20(18)3/h18,21,23-38,42H,2-3,5-17,40H2,1,4H3;18,21,23-38,40,42H,2-3,5-17H2,1,4H3. The first-order valence-corrected chi connectivity index (χ1v) is 39.2. The summed E-state index contributed by atoms with van der Waals surface area (Å²) in [5.74, 6) is -1.11. The van der Waals surface area contributed by atoms with Crippen LogP contribution in [0.2, 0.25) is 0 Å². The molecule has 100 heavy (non-hydrogen) atoms. The molecule has 556 valence electrons. The Labute approximate surface area is 589 Å². The number of ether oxygens (including phenoxy) is 16. The summed E-state index contributed by atoms with van der Waals surface area (Å²) in [6.45, 7) is 26.0. The van der Waals surface area contributed by atoms with Crippen molar-refractivity contribution in [3.8, 4) is 0 Å². The van der Waals surface area contributed by atoms with Crippen LogP contribution in [0.15, 0.2) is 48.6 Å². The second-order valence-electron chi connectivity index (χ2n) is 34.3. The van der Waals surface area contributed by atoms with Crippen LogP contribution in [0, 0.1) is 35.5 Å². The van der Waals surface area contributed by atoms with E-state index in [-0.39, 0.29) is 213 Å². The van der Waals surface area contributed by atoms with Crippen molar-refractivity contribution in [3.63, 3.8) is 0 Å². The molecule has 20 aliphatic rings. The van der Waals surface area contributed by atoms with E-state index in [0.717, 1.165) is 112 Å². The summed E-state index contributed by atoms with van der Waals surface area (Å²) in [5.41, 5.74) is 10.3. The van der Waals surface area contributed by atoms with E-state index in [1.165, 1.54) is 0 Å². The average Bonchev–Trinajstić information content (AvgIpc) is 1.55. The molecule has 20 fully saturated rings. The number of fused-ring (bicyclic) bond motifs is 12. The molecule has 20 saturated heterocycles. The number of carbonyl (C=O) groups excluding carboxylic acids is 2. The van der Waals surface area contributed by atoms with E-state index in [9.17, 15) is 24.9 Å². The lowest BCUT2D eigenvalue weighted by Gasteiger charge is -2.47. The molecule has 20 rings (SSSR count). The van der Waals surface area contributed by atoms with Gasteiger partial charge < -0.3 is 96.8 Å². The van der Waals surface area contributed by atoms with E-state index in [0.29, 0.717) is 63.7 Å². The Kier molecular flexibility index (Phi) is 19.7. The number of aliphatic hydroxyl groups is 3. The highest BCUT2D eigenvalue weighted by molar-refractivity contribution is 5.79. The van der Waals surface area contributed by atoms with Crippen molar-refractivity contribution in [1.29, 1.82) is 0 Å². The quantitative estimate of drug-likeness (QED) is 0.200. The summed E-state index contributed by atoms with van der Waals surface area (Å²) < 4.78 is 107. The molecule has 0 saturated carbocycles. The van der Waals surface area contributed by atoms with Crippen LogP contribution in [0.4, 0.5) is 0 Å². The van der Waals surface area contributed by atoms with Crippen LogP contribution in [-0.2, 0) is 85.4 Å². The van der Waals surface area contributed by atoms with Gasteiger partial charge in [-0.05, 0) is 148 Å². The Balaban J connectivity index is 0.000000150. The van der Waals surface area contributed by atoms with Gasteiger partial charge in [-0.15, -0.1) is 0 Å². The molecule has 0 aliphatic carbocycles. The van der Waals surface area contributed by atoms with E-state index >= 15 is 0 Å². The topological polar surface area (TPSA) is 269 Å². The predicted octanol–water partition coefficient (Wildman–Crippen LogP) is 7.37. The van der Waals surface area contributed by atoms with Crippen molar-refractivity contribution < 1.29 is 101 Å². The minimum absolute atomic E-state index is 0.00450. The van der Waals surface area contributed by atoms with Gasteiger partial charge in [0.25, 0.3) is 0 Å². The molecule has 0 radical (unpaired) electrons. The summed E-state index contributed by atoms with van der Waals surface area (Å²) in [5, 5.41) is 31.4. The van der Waals surface area contributed by atoms with Crippen molar-refractivity contribution in [2.24, 2.45) is 41.2 Å². The number of carbonyl (C=O) groups is 2. The van der Waals surface area contributed by atoms with Crippen molar-refractivity contribution in [3.05, 3.63) is 48.6 Å². The van der Waals surface area contributed by atoms with Crippen LogP contribution in [-0.4, -0.2) is 235 Å². The molecule has 0 aromatic carbocycles. The fraction of sp³-hybridized carbons (Fsp3) is 0.872. The molecule has 22 nitrogen and oxygen atoms in total. The molecule has 20 heterocycles. The second-order valence-corrected chi connectivity index (χ2v) is 34.3. The van der Waals surface area contributed by atoms with Gasteiger partial charge >= 0.3 is 0 Å². The molecule has 20 aliphatic heterocycles. The molecule has 38 unspecified atom stereocenters. The Hall–Kier alpha value is -2.50. The summed E-state index contributed by atoms with van der Waals surface area (Å²) >= 11 is 0. The van der Waals surface area contributed by atoms with Gasteiger partial charge in [-0.1, -0.05) is 54.0 Å². The number of hydrogen-bond acceptors (Lipinski definition) is 22. The zero-order chi connectivity index (χ0) is 68.9. The molecule has 0 amide bonds. The zero-order valence-corrected chi connectivity index (χ0v) is 59.3. The largest absolute Gasteiger partial charge is 0.394 e. The van der Waals surface area contributed by atoms with Gasteiger partial charge in [0.2, 0.25) is 0 Å². The zero-order valence-electron chi connectivity index (χ0n) is 59.3. The predicted molar refractivity (Wildman–Crippen MR) is 358 cm³/mol. The monoisotopic (exact) mass is 1400 g/mol. The minimum atomic E-state index is -1.02. The lowest BCUT2D eigenvalue weighted by atomic mass is 9.78. The molecule has 5 N–H and O–H groups in total. The van der Waals surface area contributed by atoms with E-state index < -0.39 is 42.6 Å². The van der Waals surface area contributed by atoms with Crippen molar-refractivity contribution in [2.75, 3.05) is 13.2 Å². The smallest absolute Gasteiger partial charge is 0.172 e. The maximum absolute atomic E-state index is 13.9. The fourth-order valence-corrected chi connectivity index (χ4v) is 22.3. The third-order valence-electron chi connectivity index (χ3n) is 27.8. The summed E-state index contributed by atoms with van der Waals surface area (Å²) in [7, 11) is 0. The number of rotatable bonds is 4. The van der Waals surface area contributed by atoms with Crippen LogP contribution in [0.5, 0.6) is 0 Å². The van der Waals surface area contributed by atoms with Crippen LogP contribution < -0.4 is 5.73 Å². The lowest BCUT2D eigenvalue weighted by molar-refractivity contribution is -0.292. The molecule has 0 aromatic rings. The maximum atomic E-state index is 13.9. The number of aliphatic hydroxyl groups excluding tert-OH is 3. The summed E-state index contributed by atoms with van der Waals surface area (Å²) in [4.78, 5) is 27.9. The van der Waals surface area contributed by atoms with Gasteiger partial charge in [-0.3, -0.25) is 9.59 Å². The molecule has 0 aromatic heterocycles. The van der Waals surface area contributed by atoms with Gasteiger partial charge in [0.15, 0.2) is 11.6 Å². The minimum Gasteiger partial charge on any atom is -0.394 e. The van der Waals surface area contributed by atoms with E-state index in [2.05, 4.69) is 47.1 Å². The number of ketones is 2. The summed E-state index contributed by atoms with van der Waals surface area (Å²) in [6, 6.07) is 0. The second kappa shape index (κ2) is 27.9. The Morgan fingerprint density at radius 2 is 0.790 bits per heavy atom. The van der Waals surface area contributed by atoms with Crippen molar-refractivity contribution in [1.82, 2.24) is 0 Å². The Bertz CT molecular complexity index is 2880. The molecular weight excluding hydrogens is 1290 g/mol. The Morgan fingerprint density at radius 1 is 0.400 bits per heavy atom. The first-order valence-electron chi connectivity index (χ1n) is 39.2. The van der Waals surface area contributed by atoms with Crippen LogP contribution in [0.3, 0.4) is 0 Å². The molecule has 38 atom stereocenters. The number of hydrogen-bond donors (Lipinski definition) is 4. The molecule has 22 heteroatoms. The summed E-state index contributed by atoms with van der Waals surface area (Å²) in [6.07, 6.45) is 9.71. The highest BCUT2D eigenvalue weighted by Crippen LogP contribution is 2.57. The first kappa shape index (κ1) is 70.5. The van der Waals surface area contributed by atoms with Crippen molar-refractivity contribution in [2.45, 2.75) is 376 Å². The molecule has 2 spiro atoms. The molecular formula is C78H113NO21. The van der Waals surface area contributed by atoms with Gasteiger partial charge in [-0.2, -0.15) is 0 Å². The van der Waals surface area contributed by atoms with Gasteiger partial charge in [0.05, 0.1) is 123 Å². The third-order valence-corrected chi connectivity index (χ3v) is 27.8. The van der Waals surface area contributed by atoms with E-state index in [1.807, 2.05) is 6.92 Å². The number of Topliss-reactive ketones (excluding diaryl/α,β-unsaturated/α-hetero) is 2. The van der Waals surface area contributed by atoms with E-state index in [1.54, 1.807) is 0 Å². The van der Waals surface area contributed by atoms with Crippen LogP contribution >= 0.6 is 0 Å². The van der Waals surface area contributed by atoms with E-state index in [4.69, 9.17) is 81.5 Å². The van der Waals surface area contributed by atoms with Crippen molar-refractivity contribution >= 4 is 11.6 Å². The third kappa shape index (κ3) is 13.1. The van der Waals surface area contributed by atoms with Gasteiger partial charge in [-0.25, -0.2) is 0 Å².